The molecule has 1 heterocycles. The molecule has 17 heavy (non-hydrogen) atoms. The molecule has 0 fully saturated rings. The second kappa shape index (κ2) is 4.63. The zero-order valence-electron chi connectivity index (χ0n) is 9.28. The summed E-state index contributed by atoms with van der Waals surface area (Å²) < 4.78 is 0. The Morgan fingerprint density at radius 2 is 2.18 bits per heavy atom. The number of carbonyl (C=O) groups is 1. The number of aromatic nitrogens is 1. The second-order valence-corrected chi connectivity index (χ2v) is 4.10. The smallest absolute Gasteiger partial charge is 0.248 e. The number of nitrogens with one attached hydrogen (secondary N) is 2. The second-order valence-electron chi connectivity index (χ2n) is 3.78. The van der Waals surface area contributed by atoms with Gasteiger partial charge in [-0.2, -0.15) is 12.6 Å². The normalized spacial score (nSPS) is 10.5. The van der Waals surface area contributed by atoms with Gasteiger partial charge in [-0.1, -0.05) is 6.07 Å². The van der Waals surface area contributed by atoms with Crippen LogP contribution < -0.4 is 10.9 Å². The first-order chi connectivity index (χ1) is 8.10. The van der Waals surface area contributed by atoms with Gasteiger partial charge in [0.25, 0.3) is 0 Å². The largest absolute Gasteiger partial charge is 0.325 e. The van der Waals surface area contributed by atoms with E-state index in [9.17, 15) is 9.59 Å². The standard InChI is InChI=1S/C12H12N2O2S/c1-7-4-11(15)14-10-5-8(2-3-9(7)10)13-12(16)6-17/h2-5,17H,6H2,1H3,(H,13,16)(H,14,15). The number of pyridine rings is 1. The van der Waals surface area contributed by atoms with Crippen LogP contribution in [0.4, 0.5) is 5.69 Å². The molecule has 0 saturated carbocycles. The molecule has 0 unspecified atom stereocenters. The summed E-state index contributed by atoms with van der Waals surface area (Å²) in [4.78, 5) is 25.3. The maximum atomic E-state index is 11.3. The Balaban J connectivity index is 2.50. The fourth-order valence-corrected chi connectivity index (χ4v) is 1.79. The Hall–Kier alpha value is -1.75. The van der Waals surface area contributed by atoms with Crippen LogP contribution in [0, 0.1) is 6.92 Å². The highest BCUT2D eigenvalue weighted by Crippen LogP contribution is 2.18. The minimum atomic E-state index is -0.178. The van der Waals surface area contributed by atoms with Crippen LogP contribution in [0.25, 0.3) is 10.9 Å². The van der Waals surface area contributed by atoms with Gasteiger partial charge in [-0.3, -0.25) is 9.59 Å². The zero-order valence-corrected chi connectivity index (χ0v) is 10.2. The molecule has 0 saturated heterocycles. The van der Waals surface area contributed by atoms with Crippen LogP contribution in [0.1, 0.15) is 5.56 Å². The molecule has 0 aliphatic heterocycles. The number of thiol groups is 1. The third-order valence-electron chi connectivity index (χ3n) is 2.48. The van der Waals surface area contributed by atoms with E-state index in [1.54, 1.807) is 18.2 Å². The van der Waals surface area contributed by atoms with Gasteiger partial charge in [0.2, 0.25) is 11.5 Å². The van der Waals surface area contributed by atoms with E-state index in [4.69, 9.17) is 0 Å². The van der Waals surface area contributed by atoms with Crippen molar-refractivity contribution >= 4 is 35.1 Å². The number of rotatable bonds is 2. The van der Waals surface area contributed by atoms with Crippen molar-refractivity contribution in [3.63, 3.8) is 0 Å². The highest BCUT2D eigenvalue weighted by molar-refractivity contribution is 7.81. The fraction of sp³-hybridized carbons (Fsp3) is 0.167. The zero-order chi connectivity index (χ0) is 12.4. The van der Waals surface area contributed by atoms with E-state index in [0.29, 0.717) is 11.2 Å². The third kappa shape index (κ3) is 2.50. The Morgan fingerprint density at radius 3 is 2.88 bits per heavy atom. The molecule has 0 aliphatic rings. The summed E-state index contributed by atoms with van der Waals surface area (Å²) >= 11 is 3.88. The maximum absolute atomic E-state index is 11.3. The minimum Gasteiger partial charge on any atom is -0.325 e. The number of H-pyrrole nitrogens is 1. The molecule has 1 aromatic heterocycles. The highest BCUT2D eigenvalue weighted by Gasteiger charge is 2.03. The summed E-state index contributed by atoms with van der Waals surface area (Å²) in [6.45, 7) is 1.88. The lowest BCUT2D eigenvalue weighted by Crippen LogP contribution is -2.13. The van der Waals surface area contributed by atoms with Crippen LogP contribution >= 0.6 is 12.6 Å². The van der Waals surface area contributed by atoms with Crippen molar-refractivity contribution in [2.45, 2.75) is 6.92 Å². The van der Waals surface area contributed by atoms with Gasteiger partial charge in [0.1, 0.15) is 0 Å². The van der Waals surface area contributed by atoms with E-state index < -0.39 is 0 Å². The Bertz CT molecular complexity index is 634. The van der Waals surface area contributed by atoms with E-state index in [0.717, 1.165) is 10.9 Å². The predicted molar refractivity (Wildman–Crippen MR) is 71.8 cm³/mol. The van der Waals surface area contributed by atoms with Crippen molar-refractivity contribution in [3.05, 3.63) is 40.2 Å². The van der Waals surface area contributed by atoms with Crippen LogP contribution in [-0.4, -0.2) is 16.6 Å². The molecule has 0 atom stereocenters. The van der Waals surface area contributed by atoms with Crippen molar-refractivity contribution in [1.82, 2.24) is 4.98 Å². The SMILES string of the molecule is Cc1cc(=O)[nH]c2cc(NC(=O)CS)ccc12. The summed E-state index contributed by atoms with van der Waals surface area (Å²) in [5.41, 5.74) is 2.13. The van der Waals surface area contributed by atoms with Gasteiger partial charge in [-0.25, -0.2) is 0 Å². The van der Waals surface area contributed by atoms with Gasteiger partial charge in [0, 0.05) is 17.1 Å². The molecule has 2 N–H and O–H groups in total. The van der Waals surface area contributed by atoms with E-state index in [1.165, 1.54) is 0 Å². The van der Waals surface area contributed by atoms with Gasteiger partial charge in [0.15, 0.2) is 0 Å². The van der Waals surface area contributed by atoms with Crippen LogP contribution in [0.3, 0.4) is 0 Å². The molecule has 1 amide bonds. The molecule has 1 aromatic carbocycles. The van der Waals surface area contributed by atoms with E-state index >= 15 is 0 Å². The molecular weight excluding hydrogens is 236 g/mol. The maximum Gasteiger partial charge on any atom is 0.248 e. The summed E-state index contributed by atoms with van der Waals surface area (Å²) in [5, 5.41) is 3.65. The monoisotopic (exact) mass is 248 g/mol. The minimum absolute atomic E-state index is 0.127. The van der Waals surface area contributed by atoms with Crippen molar-refractivity contribution in [2.24, 2.45) is 0 Å². The number of aryl methyl sites for hydroxylation is 1. The van der Waals surface area contributed by atoms with E-state index in [2.05, 4.69) is 22.9 Å². The molecular formula is C12H12N2O2S. The number of fused-ring (bicyclic) bond motifs is 1. The lowest BCUT2D eigenvalue weighted by molar-refractivity contribution is -0.113. The van der Waals surface area contributed by atoms with Gasteiger partial charge < -0.3 is 10.3 Å². The Kier molecular flexibility index (Phi) is 3.19. The number of anilines is 1. The molecule has 0 aliphatic carbocycles. The first-order valence-corrected chi connectivity index (χ1v) is 5.78. The van der Waals surface area contributed by atoms with Crippen LogP contribution in [0.2, 0.25) is 0 Å². The molecule has 0 bridgehead atoms. The van der Waals surface area contributed by atoms with Crippen LogP contribution in [0.15, 0.2) is 29.1 Å². The molecule has 2 rings (SSSR count). The van der Waals surface area contributed by atoms with E-state index in [1.807, 2.05) is 13.0 Å². The number of hydrogen-bond acceptors (Lipinski definition) is 3. The first kappa shape index (κ1) is 11.7. The van der Waals surface area contributed by atoms with Gasteiger partial charge in [0.05, 0.1) is 11.3 Å². The summed E-state index contributed by atoms with van der Waals surface area (Å²) in [5.74, 6) is -0.0507. The average Bonchev–Trinajstić information content (AvgIpc) is 2.28. The number of carbonyl (C=O) groups excluding carboxylic acids is 1. The summed E-state index contributed by atoms with van der Waals surface area (Å²) in [7, 11) is 0. The predicted octanol–water partition coefficient (Wildman–Crippen LogP) is 1.70. The van der Waals surface area contributed by atoms with Gasteiger partial charge >= 0.3 is 0 Å². The third-order valence-corrected chi connectivity index (χ3v) is 2.76. The molecule has 2 aromatic rings. The lowest BCUT2D eigenvalue weighted by atomic mass is 10.1. The van der Waals surface area contributed by atoms with Gasteiger partial charge in [-0.15, -0.1) is 0 Å². The Labute approximate surface area is 103 Å². The van der Waals surface area contributed by atoms with Crippen molar-refractivity contribution in [2.75, 3.05) is 11.1 Å². The molecule has 0 spiro atoms. The van der Waals surface area contributed by atoms with Crippen molar-refractivity contribution in [1.29, 1.82) is 0 Å². The summed E-state index contributed by atoms with van der Waals surface area (Å²) in [6.07, 6.45) is 0. The number of aromatic amines is 1. The summed E-state index contributed by atoms with van der Waals surface area (Å²) in [6, 6.07) is 6.96. The topological polar surface area (TPSA) is 62.0 Å². The van der Waals surface area contributed by atoms with Crippen LogP contribution in [-0.2, 0) is 4.79 Å². The number of hydrogen-bond donors (Lipinski definition) is 3. The van der Waals surface area contributed by atoms with Crippen LogP contribution in [0.5, 0.6) is 0 Å². The first-order valence-electron chi connectivity index (χ1n) is 5.14. The fourth-order valence-electron chi connectivity index (χ4n) is 1.71. The van der Waals surface area contributed by atoms with Crippen molar-refractivity contribution in [3.8, 4) is 0 Å². The lowest BCUT2D eigenvalue weighted by Gasteiger charge is -2.06. The molecule has 4 nitrogen and oxygen atoms in total. The number of amides is 1. The van der Waals surface area contributed by atoms with E-state index in [-0.39, 0.29) is 17.2 Å². The number of benzene rings is 1. The molecule has 5 heteroatoms. The molecule has 0 radical (unpaired) electrons. The quantitative estimate of drug-likeness (QED) is 0.708. The molecule has 88 valence electrons. The highest BCUT2D eigenvalue weighted by atomic mass is 32.1. The Morgan fingerprint density at radius 1 is 1.41 bits per heavy atom. The van der Waals surface area contributed by atoms with Crippen molar-refractivity contribution < 1.29 is 4.79 Å². The average molecular weight is 248 g/mol. The van der Waals surface area contributed by atoms with Gasteiger partial charge in [-0.05, 0) is 24.6 Å².